The fourth-order valence-corrected chi connectivity index (χ4v) is 7.95. The second-order valence-electron chi connectivity index (χ2n) is 9.46. The van der Waals surface area contributed by atoms with E-state index in [1.807, 2.05) is 0 Å². The summed E-state index contributed by atoms with van der Waals surface area (Å²) in [6.45, 7) is 4.77. The van der Waals surface area contributed by atoms with Gasteiger partial charge in [-0.15, -0.1) is 0 Å². The van der Waals surface area contributed by atoms with Crippen molar-refractivity contribution < 1.29 is 10.2 Å². The van der Waals surface area contributed by atoms with Crippen LogP contribution in [-0.2, 0) is 0 Å². The van der Waals surface area contributed by atoms with Crippen molar-refractivity contribution in [2.24, 2.45) is 34.5 Å². The lowest BCUT2D eigenvalue weighted by Crippen LogP contribution is -2.58. The molecule has 0 spiro atoms. The third kappa shape index (κ3) is 2.36. The van der Waals surface area contributed by atoms with Crippen LogP contribution in [0.3, 0.4) is 0 Å². The molecular formula is C20H30Cl2O2. The Kier molecular flexibility index (Phi) is 4.32. The molecule has 136 valence electrons. The van der Waals surface area contributed by atoms with Crippen molar-refractivity contribution in [3.8, 4) is 0 Å². The quantitative estimate of drug-likeness (QED) is 0.624. The van der Waals surface area contributed by atoms with Gasteiger partial charge in [-0.25, -0.2) is 0 Å². The first-order chi connectivity index (χ1) is 11.3. The maximum atomic E-state index is 11.1. The second kappa shape index (κ2) is 5.87. The molecule has 8 atom stereocenters. The van der Waals surface area contributed by atoms with Crippen molar-refractivity contribution in [2.45, 2.75) is 77.4 Å². The van der Waals surface area contributed by atoms with Crippen LogP contribution in [0.5, 0.6) is 0 Å². The summed E-state index contributed by atoms with van der Waals surface area (Å²) in [5, 5.41) is 21.2. The highest BCUT2D eigenvalue weighted by molar-refractivity contribution is 6.56. The fraction of sp³-hybridized carbons (Fsp3) is 0.900. The van der Waals surface area contributed by atoms with E-state index in [2.05, 4.69) is 13.8 Å². The average Bonchev–Trinajstić information content (AvgIpc) is 2.86. The topological polar surface area (TPSA) is 40.5 Å². The van der Waals surface area contributed by atoms with Gasteiger partial charge < -0.3 is 10.2 Å². The minimum atomic E-state index is -0.239. The van der Waals surface area contributed by atoms with Gasteiger partial charge in [-0.3, -0.25) is 0 Å². The Morgan fingerprint density at radius 1 is 1.00 bits per heavy atom. The molecule has 0 heterocycles. The van der Waals surface area contributed by atoms with Crippen LogP contribution in [0.15, 0.2) is 10.1 Å². The Balaban J connectivity index is 1.69. The molecule has 0 amide bonds. The number of aliphatic hydroxyl groups is 2. The van der Waals surface area contributed by atoms with Crippen molar-refractivity contribution >= 4 is 23.2 Å². The van der Waals surface area contributed by atoms with E-state index < -0.39 is 0 Å². The van der Waals surface area contributed by atoms with E-state index in [0.29, 0.717) is 28.2 Å². The Morgan fingerprint density at radius 3 is 2.46 bits per heavy atom. The summed E-state index contributed by atoms with van der Waals surface area (Å²) >= 11 is 12.4. The molecule has 0 aromatic rings. The minimum Gasteiger partial charge on any atom is -0.393 e. The number of rotatable bonds is 0. The first-order valence-corrected chi connectivity index (χ1v) is 10.4. The zero-order valence-corrected chi connectivity index (χ0v) is 16.3. The number of allylic oxidation sites excluding steroid dienone is 1. The van der Waals surface area contributed by atoms with Crippen molar-refractivity contribution in [3.63, 3.8) is 0 Å². The van der Waals surface area contributed by atoms with Gasteiger partial charge in [0.25, 0.3) is 0 Å². The summed E-state index contributed by atoms with van der Waals surface area (Å²) in [4.78, 5) is 0. The zero-order chi connectivity index (χ0) is 17.3. The molecule has 4 saturated carbocycles. The standard InChI is InChI=1S/C20H30Cl2O2/c1-19-7-5-12(23)9-11(19)10-16(24)17-13-3-4-15(18(21)22)20(13,2)8-6-14(17)19/h11-14,16-17,23-24H,3-10H2,1-2H3/t11?,12-,13?,14?,16-,17?,19-,20-/m0/s1. The number of aliphatic hydroxyl groups excluding tert-OH is 2. The van der Waals surface area contributed by atoms with Crippen LogP contribution < -0.4 is 0 Å². The van der Waals surface area contributed by atoms with Gasteiger partial charge in [-0.05, 0) is 91.4 Å². The van der Waals surface area contributed by atoms with E-state index in [1.165, 1.54) is 5.57 Å². The molecule has 0 saturated heterocycles. The summed E-state index contributed by atoms with van der Waals surface area (Å²) in [5.74, 6) is 1.91. The number of fused-ring (bicyclic) bond motifs is 5. The zero-order valence-electron chi connectivity index (χ0n) is 14.8. The normalized spacial score (nSPS) is 54.0. The third-order valence-corrected chi connectivity index (χ3v) is 9.12. The molecule has 4 heteroatoms. The lowest BCUT2D eigenvalue weighted by Gasteiger charge is -2.61. The second-order valence-corrected chi connectivity index (χ2v) is 10.4. The van der Waals surface area contributed by atoms with Crippen molar-refractivity contribution in [1.29, 1.82) is 0 Å². The van der Waals surface area contributed by atoms with Gasteiger partial charge in [0.15, 0.2) is 0 Å². The highest BCUT2D eigenvalue weighted by Gasteiger charge is 2.61. The van der Waals surface area contributed by atoms with Crippen LogP contribution >= 0.6 is 23.2 Å². The molecule has 4 fully saturated rings. The van der Waals surface area contributed by atoms with Gasteiger partial charge in [0.2, 0.25) is 0 Å². The molecule has 0 bridgehead atoms. The van der Waals surface area contributed by atoms with Crippen LogP contribution in [0.2, 0.25) is 0 Å². The summed E-state index contributed by atoms with van der Waals surface area (Å²) in [6.07, 6.45) is 7.73. The van der Waals surface area contributed by atoms with Crippen LogP contribution in [0.1, 0.15) is 65.2 Å². The SMILES string of the molecule is C[C@]12CC[C@H](O)CC1C[C@H](O)C1C2CC[C@]2(C)C(=C(Cl)Cl)CCC12. The molecule has 0 aromatic carbocycles. The van der Waals surface area contributed by atoms with Crippen molar-refractivity contribution in [1.82, 2.24) is 0 Å². The third-order valence-electron chi connectivity index (χ3n) is 8.67. The van der Waals surface area contributed by atoms with Gasteiger partial charge in [-0.1, -0.05) is 37.0 Å². The lowest BCUT2D eigenvalue weighted by molar-refractivity contribution is -0.164. The summed E-state index contributed by atoms with van der Waals surface area (Å²) in [5.41, 5.74) is 1.58. The smallest absolute Gasteiger partial charge is 0.106 e. The minimum absolute atomic E-state index is 0.0678. The van der Waals surface area contributed by atoms with Crippen LogP contribution in [0.4, 0.5) is 0 Å². The molecule has 2 nitrogen and oxygen atoms in total. The first-order valence-electron chi connectivity index (χ1n) is 9.68. The maximum Gasteiger partial charge on any atom is 0.106 e. The number of hydrogen-bond acceptors (Lipinski definition) is 2. The molecule has 4 unspecified atom stereocenters. The molecule has 4 aliphatic carbocycles. The van der Waals surface area contributed by atoms with E-state index in [4.69, 9.17) is 23.2 Å². The molecule has 4 aliphatic rings. The van der Waals surface area contributed by atoms with E-state index in [0.717, 1.165) is 51.4 Å². The molecule has 24 heavy (non-hydrogen) atoms. The van der Waals surface area contributed by atoms with Crippen LogP contribution in [0, 0.1) is 34.5 Å². The maximum absolute atomic E-state index is 11.1. The van der Waals surface area contributed by atoms with Crippen molar-refractivity contribution in [3.05, 3.63) is 10.1 Å². The molecule has 0 aliphatic heterocycles. The first kappa shape index (κ1) is 17.6. The summed E-state index contributed by atoms with van der Waals surface area (Å²) in [6, 6.07) is 0. The highest BCUT2D eigenvalue weighted by Crippen LogP contribution is 2.67. The summed E-state index contributed by atoms with van der Waals surface area (Å²) < 4.78 is 0.466. The number of hydrogen-bond donors (Lipinski definition) is 2. The largest absolute Gasteiger partial charge is 0.393 e. The van der Waals surface area contributed by atoms with E-state index in [9.17, 15) is 10.2 Å². The van der Waals surface area contributed by atoms with Gasteiger partial charge in [0, 0.05) is 0 Å². The Labute approximate surface area is 155 Å². The van der Waals surface area contributed by atoms with Gasteiger partial charge in [-0.2, -0.15) is 0 Å². The van der Waals surface area contributed by atoms with E-state index in [1.54, 1.807) is 0 Å². The molecule has 0 radical (unpaired) electrons. The molecule has 0 aromatic heterocycles. The van der Waals surface area contributed by atoms with Gasteiger partial charge >= 0.3 is 0 Å². The Bertz CT molecular complexity index is 558. The van der Waals surface area contributed by atoms with E-state index in [-0.39, 0.29) is 23.0 Å². The van der Waals surface area contributed by atoms with Gasteiger partial charge in [0.05, 0.1) is 12.2 Å². The average molecular weight is 373 g/mol. The molecule has 2 N–H and O–H groups in total. The highest BCUT2D eigenvalue weighted by atomic mass is 35.5. The Morgan fingerprint density at radius 2 is 1.75 bits per heavy atom. The monoisotopic (exact) mass is 372 g/mol. The number of halogens is 2. The molecular weight excluding hydrogens is 343 g/mol. The predicted octanol–water partition coefficient (Wildman–Crippen LogP) is 5.05. The Hall–Kier alpha value is 0.240. The van der Waals surface area contributed by atoms with E-state index >= 15 is 0 Å². The van der Waals surface area contributed by atoms with Crippen LogP contribution in [0.25, 0.3) is 0 Å². The van der Waals surface area contributed by atoms with Crippen molar-refractivity contribution in [2.75, 3.05) is 0 Å². The summed E-state index contributed by atoms with van der Waals surface area (Å²) in [7, 11) is 0. The molecule has 4 rings (SSSR count). The lowest BCUT2D eigenvalue weighted by atomic mass is 9.44. The van der Waals surface area contributed by atoms with Crippen LogP contribution in [-0.4, -0.2) is 22.4 Å². The fourth-order valence-electron chi connectivity index (χ4n) is 7.32. The predicted molar refractivity (Wildman–Crippen MR) is 97.9 cm³/mol. The van der Waals surface area contributed by atoms with Gasteiger partial charge in [0.1, 0.15) is 4.49 Å².